The summed E-state index contributed by atoms with van der Waals surface area (Å²) < 4.78 is 0. The molecule has 0 fully saturated rings. The quantitative estimate of drug-likeness (QED) is 0.397. The van der Waals surface area contributed by atoms with Crippen molar-refractivity contribution in [1.29, 1.82) is 0 Å². The zero-order valence-corrected chi connectivity index (χ0v) is 8.33. The Morgan fingerprint density at radius 1 is 1.70 bits per heavy atom. The molecule has 0 rings (SSSR count). The molecule has 5 heteroatoms. The Balaban J connectivity index is 0. The van der Waals surface area contributed by atoms with E-state index in [0.29, 0.717) is 0 Å². The Hall–Kier alpha value is 0.390. The molecule has 0 spiro atoms. The number of hydrogen-bond donors (Lipinski definition) is 2. The van der Waals surface area contributed by atoms with Crippen molar-refractivity contribution in [2.24, 2.45) is 17.4 Å². The second kappa shape index (κ2) is 6.12. The van der Waals surface area contributed by atoms with Gasteiger partial charge in [0.2, 0.25) is 0 Å². The summed E-state index contributed by atoms with van der Waals surface area (Å²) in [6.07, 6.45) is 0. The summed E-state index contributed by atoms with van der Waals surface area (Å²) in [5, 5.41) is 10.1. The number of nitrogens with two attached hydrogens (primary N) is 2. The zero-order valence-electron chi connectivity index (χ0n) is 6.33. The molecule has 0 radical (unpaired) electrons. The summed E-state index contributed by atoms with van der Waals surface area (Å²) in [5.41, 5.74) is 10.3. The molecule has 4 N–H and O–H groups in total. The van der Waals surface area contributed by atoms with E-state index in [0.717, 1.165) is 0 Å². The van der Waals surface area contributed by atoms with Crippen molar-refractivity contribution in [1.82, 2.24) is 0 Å². The Kier molecular flexibility index (Phi) is 7.97. The summed E-state index contributed by atoms with van der Waals surface area (Å²) in [6, 6.07) is -0.431. The van der Waals surface area contributed by atoms with E-state index in [1.807, 2.05) is 0 Å². The van der Waals surface area contributed by atoms with E-state index < -0.39 is 17.9 Å². The van der Waals surface area contributed by atoms with Crippen molar-refractivity contribution in [2.75, 3.05) is 6.54 Å². The molecule has 0 aliphatic rings. The summed E-state index contributed by atoms with van der Waals surface area (Å²) in [7, 11) is 0. The first-order valence-electron chi connectivity index (χ1n) is 2.76. The van der Waals surface area contributed by atoms with Crippen LogP contribution in [0.1, 0.15) is 6.92 Å². The average Bonchev–Trinajstić information content (AvgIpc) is 1.64. The largest absolute Gasteiger partial charge is 1.00 e. The van der Waals surface area contributed by atoms with Crippen LogP contribution in [0.4, 0.5) is 0 Å². The van der Waals surface area contributed by atoms with Crippen LogP contribution in [0.2, 0.25) is 0 Å². The standard InChI is InChI=1S/C5H12N2O2.Na/c1-3(7)4(2-6)5(8)9;/h3-4H,2,6-7H2,1H3,(H,8,9);/q;+1/p-1. The summed E-state index contributed by atoms with van der Waals surface area (Å²) in [5.74, 6) is -1.89. The molecule has 0 amide bonds. The Bertz CT molecular complexity index is 108. The number of carboxylic acids is 1. The Morgan fingerprint density at radius 2 is 2.10 bits per heavy atom. The maximum Gasteiger partial charge on any atom is 1.00 e. The van der Waals surface area contributed by atoms with E-state index in [4.69, 9.17) is 11.5 Å². The molecule has 0 aromatic rings. The van der Waals surface area contributed by atoms with Crippen molar-refractivity contribution in [3.05, 3.63) is 0 Å². The fourth-order valence-electron chi connectivity index (χ4n) is 0.526. The van der Waals surface area contributed by atoms with Crippen LogP contribution in [0.5, 0.6) is 0 Å². The van der Waals surface area contributed by atoms with Gasteiger partial charge in [-0.25, -0.2) is 0 Å². The molecule has 0 aliphatic carbocycles. The monoisotopic (exact) mass is 154 g/mol. The molecule has 2 unspecified atom stereocenters. The van der Waals surface area contributed by atoms with E-state index in [1.54, 1.807) is 6.92 Å². The first-order chi connectivity index (χ1) is 4.09. The maximum absolute atomic E-state index is 10.1. The number of aliphatic carboxylic acids is 1. The van der Waals surface area contributed by atoms with Gasteiger partial charge in [0.25, 0.3) is 0 Å². The predicted molar refractivity (Wildman–Crippen MR) is 31.2 cm³/mol. The number of carbonyl (C=O) groups excluding carboxylic acids is 1. The molecule has 0 saturated heterocycles. The van der Waals surface area contributed by atoms with Crippen LogP contribution in [0.3, 0.4) is 0 Å². The van der Waals surface area contributed by atoms with Crippen molar-refractivity contribution in [3.63, 3.8) is 0 Å². The summed E-state index contributed by atoms with van der Waals surface area (Å²) in [6.45, 7) is 1.63. The number of rotatable bonds is 3. The van der Waals surface area contributed by atoms with E-state index in [2.05, 4.69) is 0 Å². The van der Waals surface area contributed by atoms with E-state index in [-0.39, 0.29) is 36.1 Å². The zero-order chi connectivity index (χ0) is 7.44. The maximum atomic E-state index is 10.1. The van der Waals surface area contributed by atoms with Crippen molar-refractivity contribution in [2.45, 2.75) is 13.0 Å². The Morgan fingerprint density at radius 3 is 2.10 bits per heavy atom. The van der Waals surface area contributed by atoms with Crippen LogP contribution < -0.4 is 46.1 Å². The molecule has 4 nitrogen and oxygen atoms in total. The third-order valence-electron chi connectivity index (χ3n) is 1.19. The number of carboxylic acid groups (broad SMARTS) is 1. The molecule has 0 aliphatic heterocycles. The number of carbonyl (C=O) groups is 1. The van der Waals surface area contributed by atoms with Gasteiger partial charge in [-0.1, -0.05) is 0 Å². The van der Waals surface area contributed by atoms with Gasteiger partial charge in [0.1, 0.15) is 0 Å². The normalized spacial score (nSPS) is 15.1. The van der Waals surface area contributed by atoms with Gasteiger partial charge in [0, 0.05) is 24.5 Å². The Labute approximate surface area is 82.2 Å². The molecule has 54 valence electrons. The first-order valence-corrected chi connectivity index (χ1v) is 2.76. The van der Waals surface area contributed by atoms with Crippen LogP contribution in [-0.2, 0) is 4.79 Å². The van der Waals surface area contributed by atoms with Crippen LogP contribution in [0.25, 0.3) is 0 Å². The van der Waals surface area contributed by atoms with Crippen LogP contribution in [-0.4, -0.2) is 18.6 Å². The first kappa shape index (κ1) is 13.0. The average molecular weight is 154 g/mol. The molecule has 0 aromatic carbocycles. The third kappa shape index (κ3) is 4.24. The fraction of sp³-hybridized carbons (Fsp3) is 0.800. The fourth-order valence-corrected chi connectivity index (χ4v) is 0.526. The third-order valence-corrected chi connectivity index (χ3v) is 1.19. The van der Waals surface area contributed by atoms with Gasteiger partial charge in [0.15, 0.2) is 0 Å². The molecule has 2 atom stereocenters. The van der Waals surface area contributed by atoms with Gasteiger partial charge in [-0.05, 0) is 6.92 Å². The van der Waals surface area contributed by atoms with Gasteiger partial charge in [-0.2, -0.15) is 0 Å². The van der Waals surface area contributed by atoms with Gasteiger partial charge < -0.3 is 21.4 Å². The van der Waals surface area contributed by atoms with Crippen molar-refractivity contribution in [3.8, 4) is 0 Å². The smallest absolute Gasteiger partial charge is 0.550 e. The van der Waals surface area contributed by atoms with E-state index in [9.17, 15) is 9.90 Å². The minimum atomic E-state index is -1.17. The summed E-state index contributed by atoms with van der Waals surface area (Å²) in [4.78, 5) is 10.1. The van der Waals surface area contributed by atoms with E-state index in [1.165, 1.54) is 0 Å². The SMILES string of the molecule is CC(N)C(CN)C(=O)[O-].[Na+]. The molecular weight excluding hydrogens is 143 g/mol. The summed E-state index contributed by atoms with van der Waals surface area (Å²) >= 11 is 0. The van der Waals surface area contributed by atoms with E-state index >= 15 is 0 Å². The minimum Gasteiger partial charge on any atom is -0.550 e. The molecule has 0 saturated carbocycles. The number of hydrogen-bond acceptors (Lipinski definition) is 4. The second-order valence-electron chi connectivity index (χ2n) is 2.02. The predicted octanol–water partition coefficient (Wildman–Crippen LogP) is -5.34. The van der Waals surface area contributed by atoms with Gasteiger partial charge >= 0.3 is 29.6 Å². The molecule has 0 heterocycles. The van der Waals surface area contributed by atoms with Gasteiger partial charge in [-0.15, -0.1) is 0 Å². The molecule has 0 aromatic heterocycles. The second-order valence-corrected chi connectivity index (χ2v) is 2.02. The van der Waals surface area contributed by atoms with Crippen molar-refractivity contribution >= 4 is 5.97 Å². The minimum absolute atomic E-state index is 0. The van der Waals surface area contributed by atoms with Crippen LogP contribution >= 0.6 is 0 Å². The van der Waals surface area contributed by atoms with Gasteiger partial charge in [-0.3, -0.25) is 0 Å². The van der Waals surface area contributed by atoms with Gasteiger partial charge in [0.05, 0.1) is 0 Å². The molecular formula is C5H11N2NaO2. The molecule has 10 heavy (non-hydrogen) atoms. The molecule has 0 bridgehead atoms. The topological polar surface area (TPSA) is 92.2 Å². The van der Waals surface area contributed by atoms with Crippen LogP contribution in [0.15, 0.2) is 0 Å². The van der Waals surface area contributed by atoms with Crippen molar-refractivity contribution < 1.29 is 39.5 Å². The van der Waals surface area contributed by atoms with Crippen LogP contribution in [0, 0.1) is 5.92 Å².